The second-order valence-corrected chi connectivity index (χ2v) is 11.0. The average Bonchev–Trinajstić information content (AvgIpc) is 3.38. The summed E-state index contributed by atoms with van der Waals surface area (Å²) >= 11 is 0. The van der Waals surface area contributed by atoms with Gasteiger partial charge in [-0.05, 0) is 60.0 Å². The molecule has 4 bridgehead atoms. The minimum Gasteiger partial charge on any atom is -0.494 e. The average molecular weight is 605 g/mol. The number of esters is 1. The van der Waals surface area contributed by atoms with E-state index in [4.69, 9.17) is 30.5 Å². The molecule has 4 heterocycles. The van der Waals surface area contributed by atoms with Crippen molar-refractivity contribution in [2.75, 3.05) is 20.3 Å². The molecular formula is C35H29FN4O5. The molecule has 9 nitrogen and oxygen atoms in total. The smallest absolute Gasteiger partial charge is 0.337 e. The Hall–Kier alpha value is -5.27. The van der Waals surface area contributed by atoms with Gasteiger partial charge in [-0.2, -0.15) is 0 Å². The van der Waals surface area contributed by atoms with Crippen LogP contribution in [0.1, 0.15) is 39.3 Å². The van der Waals surface area contributed by atoms with Crippen LogP contribution >= 0.6 is 0 Å². The van der Waals surface area contributed by atoms with E-state index in [0.29, 0.717) is 66.7 Å². The van der Waals surface area contributed by atoms with Gasteiger partial charge in [0.2, 0.25) is 5.88 Å². The normalized spacial score (nSPS) is 15.6. The lowest BCUT2D eigenvalue weighted by Crippen LogP contribution is -2.31. The van der Waals surface area contributed by atoms with Crippen molar-refractivity contribution in [3.05, 3.63) is 112 Å². The highest BCUT2D eigenvalue weighted by atomic mass is 19.1. The summed E-state index contributed by atoms with van der Waals surface area (Å²) in [6, 6.07) is 19.2. The highest BCUT2D eigenvalue weighted by molar-refractivity contribution is 5.93. The fourth-order valence-corrected chi connectivity index (χ4v) is 5.75. The molecule has 1 saturated heterocycles. The van der Waals surface area contributed by atoms with Crippen LogP contribution in [0, 0.1) is 12.4 Å². The second-order valence-electron chi connectivity index (χ2n) is 11.0. The third kappa shape index (κ3) is 5.70. The zero-order valence-electron chi connectivity index (χ0n) is 24.6. The Balaban J connectivity index is 1.30. The summed E-state index contributed by atoms with van der Waals surface area (Å²) in [5.74, 6) is 0.817. The third-order valence-electron chi connectivity index (χ3n) is 8.25. The van der Waals surface area contributed by atoms with E-state index >= 15 is 4.39 Å². The maximum atomic E-state index is 15.9. The molecule has 1 fully saturated rings. The number of carbonyl (C=O) groups is 1. The maximum absolute atomic E-state index is 15.9. The van der Waals surface area contributed by atoms with E-state index in [-0.39, 0.29) is 12.7 Å². The molecule has 45 heavy (non-hydrogen) atoms. The molecule has 2 aliphatic heterocycles. The van der Waals surface area contributed by atoms with Gasteiger partial charge in [0.05, 0.1) is 55.2 Å². The third-order valence-corrected chi connectivity index (χ3v) is 8.25. The quantitative estimate of drug-likeness (QED) is 0.168. The van der Waals surface area contributed by atoms with Gasteiger partial charge in [0.25, 0.3) is 0 Å². The SMILES string of the molecule is [C-]#[N+]c1ccc2c(c1)OCCc1cc(c(F)cc1Cc1nc3ccc(C(=O)OC)cc3n1C[C@@H]1CCO1)-c1cccc(n1)OC2. The molecule has 1 atom stereocenters. The number of pyridine rings is 1. The molecule has 3 aromatic carbocycles. The van der Waals surface area contributed by atoms with Crippen molar-refractivity contribution < 1.29 is 28.1 Å². The van der Waals surface area contributed by atoms with Crippen LogP contribution in [-0.4, -0.2) is 46.9 Å². The number of methoxy groups -OCH3 is 1. The number of imidazole rings is 1. The molecular weight excluding hydrogens is 575 g/mol. The van der Waals surface area contributed by atoms with Crippen LogP contribution in [0.3, 0.4) is 0 Å². The number of nitrogens with zero attached hydrogens (tertiary/aromatic N) is 4. The lowest BCUT2D eigenvalue weighted by atomic mass is 9.96. The number of hydrogen-bond donors (Lipinski definition) is 0. The van der Waals surface area contributed by atoms with Crippen molar-refractivity contribution in [3.63, 3.8) is 0 Å². The molecule has 10 heteroatoms. The predicted octanol–water partition coefficient (Wildman–Crippen LogP) is 6.47. The molecule has 0 N–H and O–H groups in total. The minimum absolute atomic E-state index is 0.0328. The van der Waals surface area contributed by atoms with Gasteiger partial charge < -0.3 is 23.5 Å². The molecule has 226 valence electrons. The number of benzene rings is 3. The first-order chi connectivity index (χ1) is 22.0. The molecule has 0 radical (unpaired) electrons. The van der Waals surface area contributed by atoms with Gasteiger partial charge in [-0.3, -0.25) is 0 Å². The van der Waals surface area contributed by atoms with Crippen molar-refractivity contribution in [1.82, 2.24) is 14.5 Å². The molecule has 0 unspecified atom stereocenters. The highest BCUT2D eigenvalue weighted by Gasteiger charge is 2.24. The summed E-state index contributed by atoms with van der Waals surface area (Å²) in [5, 5.41) is 0. The van der Waals surface area contributed by atoms with E-state index in [2.05, 4.69) is 14.4 Å². The number of ether oxygens (including phenoxy) is 4. The number of rotatable bonds is 5. The van der Waals surface area contributed by atoms with Crippen molar-refractivity contribution >= 4 is 22.7 Å². The van der Waals surface area contributed by atoms with Crippen LogP contribution in [0.4, 0.5) is 10.1 Å². The van der Waals surface area contributed by atoms with Crippen molar-refractivity contribution in [2.45, 2.75) is 38.5 Å². The predicted molar refractivity (Wildman–Crippen MR) is 164 cm³/mol. The van der Waals surface area contributed by atoms with E-state index < -0.39 is 11.8 Å². The molecule has 2 aromatic heterocycles. The zero-order valence-corrected chi connectivity index (χ0v) is 24.6. The van der Waals surface area contributed by atoms with Crippen molar-refractivity contribution in [2.24, 2.45) is 0 Å². The number of fused-ring (bicyclic) bond motifs is 7. The Labute approximate surface area is 259 Å². The fourth-order valence-electron chi connectivity index (χ4n) is 5.75. The van der Waals surface area contributed by atoms with Crippen molar-refractivity contribution in [1.29, 1.82) is 0 Å². The van der Waals surface area contributed by atoms with Crippen LogP contribution in [0.25, 0.3) is 27.1 Å². The van der Waals surface area contributed by atoms with Crippen LogP contribution in [0.5, 0.6) is 11.6 Å². The lowest BCUT2D eigenvalue weighted by Gasteiger charge is -2.27. The first-order valence-electron chi connectivity index (χ1n) is 14.7. The lowest BCUT2D eigenvalue weighted by molar-refractivity contribution is -0.0589. The Kier molecular flexibility index (Phi) is 7.61. The van der Waals surface area contributed by atoms with Gasteiger partial charge >= 0.3 is 5.97 Å². The molecule has 2 aliphatic rings. The Bertz CT molecular complexity index is 1980. The number of aromatic nitrogens is 3. The summed E-state index contributed by atoms with van der Waals surface area (Å²) in [4.78, 5) is 25.4. The van der Waals surface area contributed by atoms with Crippen molar-refractivity contribution in [3.8, 4) is 22.9 Å². The highest BCUT2D eigenvalue weighted by Crippen LogP contribution is 2.32. The van der Waals surface area contributed by atoms with Gasteiger partial charge in [0.1, 0.15) is 24.0 Å². The minimum atomic E-state index is -0.428. The first-order valence-corrected chi connectivity index (χ1v) is 14.7. The number of halogens is 1. The zero-order chi connectivity index (χ0) is 30.9. The molecule has 0 aliphatic carbocycles. The molecule has 5 aromatic rings. The van der Waals surface area contributed by atoms with Crippen LogP contribution in [0.15, 0.2) is 66.7 Å². The molecule has 7 rings (SSSR count). The largest absolute Gasteiger partial charge is 0.494 e. The number of carbonyl (C=O) groups excluding carboxylic acids is 1. The van der Waals surface area contributed by atoms with Crippen LogP contribution < -0.4 is 9.47 Å². The summed E-state index contributed by atoms with van der Waals surface area (Å²) in [6.07, 6.45) is 1.78. The van der Waals surface area contributed by atoms with Crippen LogP contribution in [0.2, 0.25) is 0 Å². The fraction of sp³-hybridized carbons (Fsp3) is 0.257. The van der Waals surface area contributed by atoms with Gasteiger partial charge in [0.15, 0.2) is 5.69 Å². The van der Waals surface area contributed by atoms with Crippen LogP contribution in [-0.2, 0) is 35.5 Å². The Morgan fingerprint density at radius 3 is 2.76 bits per heavy atom. The van der Waals surface area contributed by atoms with E-state index in [1.54, 1.807) is 54.6 Å². The van der Waals surface area contributed by atoms with Gasteiger partial charge in [0, 0.05) is 36.6 Å². The molecule has 0 amide bonds. The standard InChI is InChI=1S/C35H29FN4O5/c1-37-25-8-6-23-20-45-34-5-3-4-29(39-34)27-14-21(10-12-44-32(23)18-25)24(15-28(27)36)17-33-38-30-9-7-22(35(41)42-2)16-31(30)40(33)19-26-11-13-43-26/h3-9,14-16,18,26H,10-13,17,19-20H2,2H3/t26-/m0/s1. The topological polar surface area (TPSA) is 89.1 Å². The Morgan fingerprint density at radius 1 is 1.07 bits per heavy atom. The summed E-state index contributed by atoms with van der Waals surface area (Å²) in [7, 11) is 1.35. The summed E-state index contributed by atoms with van der Waals surface area (Å²) in [5.41, 5.74) is 5.67. The monoisotopic (exact) mass is 604 g/mol. The molecule has 0 spiro atoms. The van der Waals surface area contributed by atoms with E-state index in [1.165, 1.54) is 7.11 Å². The van der Waals surface area contributed by atoms with E-state index in [9.17, 15) is 4.79 Å². The summed E-state index contributed by atoms with van der Waals surface area (Å²) in [6.45, 7) is 9.19. The van der Waals surface area contributed by atoms with Gasteiger partial charge in [-0.15, -0.1) is 0 Å². The van der Waals surface area contributed by atoms with Gasteiger partial charge in [-0.25, -0.2) is 24.0 Å². The molecule has 0 saturated carbocycles. The Morgan fingerprint density at radius 2 is 1.96 bits per heavy atom. The first kappa shape index (κ1) is 28.5. The maximum Gasteiger partial charge on any atom is 0.337 e. The van der Waals surface area contributed by atoms with E-state index in [1.807, 2.05) is 12.1 Å². The second kappa shape index (κ2) is 12.0. The summed E-state index contributed by atoms with van der Waals surface area (Å²) < 4.78 is 40.8. The number of hydrogen-bond acceptors (Lipinski definition) is 7. The van der Waals surface area contributed by atoms with Gasteiger partial charge in [-0.1, -0.05) is 18.2 Å². The van der Waals surface area contributed by atoms with E-state index in [0.717, 1.165) is 40.0 Å².